The van der Waals surface area contributed by atoms with Crippen LogP contribution >= 0.6 is 0 Å². The molecule has 4 heteroatoms. The lowest BCUT2D eigenvalue weighted by Gasteiger charge is -2.24. The Balaban J connectivity index is 1.96. The third-order valence-electron chi connectivity index (χ3n) is 3.88. The quantitative estimate of drug-likeness (QED) is 0.858. The Morgan fingerprint density at radius 2 is 1.81 bits per heavy atom. The standard InChI is InChI=1S/C17H22N4/c1-3-21(15-9-5-4-6-10-15)16-13-14(2)18-17(19-16)20-11-7-8-12-20/h4-6,9-10,13H,3,7-8,11-12H2,1-2H3. The van der Waals surface area contributed by atoms with Gasteiger partial charge in [0.25, 0.3) is 0 Å². The van der Waals surface area contributed by atoms with Gasteiger partial charge in [0.15, 0.2) is 0 Å². The second kappa shape index (κ2) is 6.12. The van der Waals surface area contributed by atoms with Crippen molar-refractivity contribution >= 4 is 17.5 Å². The Labute approximate surface area is 126 Å². The molecule has 4 nitrogen and oxygen atoms in total. The third kappa shape index (κ3) is 2.99. The maximum Gasteiger partial charge on any atom is 0.227 e. The SMILES string of the molecule is CCN(c1ccccc1)c1cc(C)nc(N2CCCC2)n1. The van der Waals surface area contributed by atoms with Gasteiger partial charge < -0.3 is 9.80 Å². The van der Waals surface area contributed by atoms with Crippen LogP contribution < -0.4 is 9.80 Å². The van der Waals surface area contributed by atoms with Gasteiger partial charge in [-0.15, -0.1) is 0 Å². The van der Waals surface area contributed by atoms with Gasteiger partial charge in [-0.2, -0.15) is 4.98 Å². The molecule has 0 aliphatic carbocycles. The molecular weight excluding hydrogens is 260 g/mol. The van der Waals surface area contributed by atoms with Crippen LogP contribution in [-0.2, 0) is 0 Å². The van der Waals surface area contributed by atoms with Gasteiger partial charge in [0.1, 0.15) is 5.82 Å². The Morgan fingerprint density at radius 1 is 1.10 bits per heavy atom. The molecule has 0 N–H and O–H groups in total. The zero-order valence-electron chi connectivity index (χ0n) is 12.8. The normalized spacial score (nSPS) is 14.5. The van der Waals surface area contributed by atoms with Crippen molar-refractivity contribution in [2.75, 3.05) is 29.4 Å². The van der Waals surface area contributed by atoms with Crippen LogP contribution in [0, 0.1) is 6.92 Å². The van der Waals surface area contributed by atoms with Crippen LogP contribution in [0.3, 0.4) is 0 Å². The Morgan fingerprint density at radius 3 is 2.48 bits per heavy atom. The first kappa shape index (κ1) is 13.9. The second-order valence-corrected chi connectivity index (χ2v) is 5.44. The lowest BCUT2D eigenvalue weighted by atomic mass is 10.2. The van der Waals surface area contributed by atoms with E-state index in [-0.39, 0.29) is 0 Å². The fourth-order valence-electron chi connectivity index (χ4n) is 2.82. The van der Waals surface area contributed by atoms with Gasteiger partial charge in [-0.3, -0.25) is 0 Å². The Kier molecular flexibility index (Phi) is 4.04. The Hall–Kier alpha value is -2.10. The first-order chi connectivity index (χ1) is 10.3. The molecule has 3 rings (SSSR count). The number of hydrogen-bond acceptors (Lipinski definition) is 4. The van der Waals surface area contributed by atoms with Crippen molar-refractivity contribution in [3.63, 3.8) is 0 Å². The highest BCUT2D eigenvalue weighted by Gasteiger charge is 2.18. The van der Waals surface area contributed by atoms with Gasteiger partial charge in [0.05, 0.1) is 0 Å². The summed E-state index contributed by atoms with van der Waals surface area (Å²) in [4.78, 5) is 13.9. The van der Waals surface area contributed by atoms with Crippen LogP contribution in [0.4, 0.5) is 17.5 Å². The molecule has 110 valence electrons. The summed E-state index contributed by atoms with van der Waals surface area (Å²) in [5.41, 5.74) is 2.20. The summed E-state index contributed by atoms with van der Waals surface area (Å²) in [7, 11) is 0. The van der Waals surface area contributed by atoms with Gasteiger partial charge >= 0.3 is 0 Å². The van der Waals surface area contributed by atoms with Crippen LogP contribution in [-0.4, -0.2) is 29.6 Å². The fourth-order valence-corrected chi connectivity index (χ4v) is 2.82. The minimum atomic E-state index is 0.872. The van der Waals surface area contributed by atoms with E-state index in [1.165, 1.54) is 18.5 Å². The van der Waals surface area contributed by atoms with Crippen molar-refractivity contribution < 1.29 is 0 Å². The topological polar surface area (TPSA) is 32.3 Å². The summed E-state index contributed by atoms with van der Waals surface area (Å²) >= 11 is 0. The summed E-state index contributed by atoms with van der Waals surface area (Å²) in [6, 6.07) is 12.5. The molecule has 1 saturated heterocycles. The highest BCUT2D eigenvalue weighted by molar-refractivity contribution is 5.61. The molecule has 0 radical (unpaired) electrons. The summed E-state index contributed by atoms with van der Waals surface area (Å²) in [5.74, 6) is 1.86. The van der Waals surface area contributed by atoms with E-state index in [0.29, 0.717) is 0 Å². The molecule has 21 heavy (non-hydrogen) atoms. The number of aromatic nitrogens is 2. The summed E-state index contributed by atoms with van der Waals surface area (Å²) < 4.78 is 0. The molecule has 1 aliphatic rings. The van der Waals surface area contributed by atoms with Gasteiger partial charge in [-0.1, -0.05) is 18.2 Å². The average Bonchev–Trinajstić information content (AvgIpc) is 3.03. The fraction of sp³-hybridized carbons (Fsp3) is 0.412. The predicted octanol–water partition coefficient (Wildman–Crippen LogP) is 3.54. The predicted molar refractivity (Wildman–Crippen MR) is 87.3 cm³/mol. The Bertz CT molecular complexity index is 591. The number of hydrogen-bond donors (Lipinski definition) is 0. The van der Waals surface area contributed by atoms with E-state index >= 15 is 0 Å². The number of aryl methyl sites for hydroxylation is 1. The summed E-state index contributed by atoms with van der Waals surface area (Å²) in [6.45, 7) is 7.23. The first-order valence-corrected chi connectivity index (χ1v) is 7.71. The van der Waals surface area contributed by atoms with E-state index in [1.807, 2.05) is 13.0 Å². The molecule has 1 aromatic heterocycles. The molecule has 1 fully saturated rings. The van der Waals surface area contributed by atoms with Crippen molar-refractivity contribution in [1.82, 2.24) is 9.97 Å². The van der Waals surface area contributed by atoms with E-state index in [2.05, 4.69) is 52.0 Å². The third-order valence-corrected chi connectivity index (χ3v) is 3.88. The first-order valence-electron chi connectivity index (χ1n) is 7.71. The maximum absolute atomic E-state index is 4.80. The van der Waals surface area contributed by atoms with E-state index in [9.17, 15) is 0 Å². The molecule has 1 aromatic carbocycles. The number of benzene rings is 1. The molecule has 0 saturated carbocycles. The molecule has 0 atom stereocenters. The maximum atomic E-state index is 4.80. The number of anilines is 3. The number of para-hydroxylation sites is 1. The lowest BCUT2D eigenvalue weighted by Crippen LogP contribution is -2.23. The van der Waals surface area contributed by atoms with Crippen LogP contribution in [0.1, 0.15) is 25.5 Å². The van der Waals surface area contributed by atoms with Crippen molar-refractivity contribution in [3.8, 4) is 0 Å². The van der Waals surface area contributed by atoms with Crippen molar-refractivity contribution in [3.05, 3.63) is 42.1 Å². The smallest absolute Gasteiger partial charge is 0.227 e. The molecular formula is C17H22N4. The number of nitrogens with zero attached hydrogens (tertiary/aromatic N) is 4. The monoisotopic (exact) mass is 282 g/mol. The number of rotatable bonds is 4. The van der Waals surface area contributed by atoms with Crippen molar-refractivity contribution in [2.45, 2.75) is 26.7 Å². The minimum Gasteiger partial charge on any atom is -0.341 e. The van der Waals surface area contributed by atoms with Crippen LogP contribution in [0.15, 0.2) is 36.4 Å². The molecule has 2 heterocycles. The molecule has 0 unspecified atom stereocenters. The minimum absolute atomic E-state index is 0.872. The van der Waals surface area contributed by atoms with E-state index in [1.54, 1.807) is 0 Å². The molecule has 1 aliphatic heterocycles. The van der Waals surface area contributed by atoms with Crippen LogP contribution in [0.5, 0.6) is 0 Å². The van der Waals surface area contributed by atoms with Crippen LogP contribution in [0.2, 0.25) is 0 Å². The van der Waals surface area contributed by atoms with Crippen molar-refractivity contribution in [1.29, 1.82) is 0 Å². The van der Waals surface area contributed by atoms with Gasteiger partial charge in [-0.05, 0) is 38.8 Å². The van der Waals surface area contributed by atoms with Gasteiger partial charge in [0.2, 0.25) is 5.95 Å². The van der Waals surface area contributed by atoms with E-state index in [0.717, 1.165) is 37.1 Å². The zero-order valence-corrected chi connectivity index (χ0v) is 12.8. The second-order valence-electron chi connectivity index (χ2n) is 5.44. The average molecular weight is 282 g/mol. The van der Waals surface area contributed by atoms with E-state index < -0.39 is 0 Å². The van der Waals surface area contributed by atoms with Crippen LogP contribution in [0.25, 0.3) is 0 Å². The molecule has 2 aromatic rings. The lowest BCUT2D eigenvalue weighted by molar-refractivity contribution is 0.875. The summed E-state index contributed by atoms with van der Waals surface area (Å²) in [6.07, 6.45) is 2.48. The van der Waals surface area contributed by atoms with Gasteiger partial charge in [0, 0.05) is 37.1 Å². The summed E-state index contributed by atoms with van der Waals surface area (Å²) in [5, 5.41) is 0. The molecule has 0 amide bonds. The largest absolute Gasteiger partial charge is 0.341 e. The van der Waals surface area contributed by atoms with Gasteiger partial charge in [-0.25, -0.2) is 4.98 Å². The highest BCUT2D eigenvalue weighted by atomic mass is 15.3. The zero-order chi connectivity index (χ0) is 14.7. The molecule has 0 bridgehead atoms. The molecule has 0 spiro atoms. The van der Waals surface area contributed by atoms with Crippen molar-refractivity contribution in [2.24, 2.45) is 0 Å². The highest BCUT2D eigenvalue weighted by Crippen LogP contribution is 2.26. The van der Waals surface area contributed by atoms with E-state index in [4.69, 9.17) is 4.98 Å².